The Bertz CT molecular complexity index is 230. The smallest absolute Gasteiger partial charge is 0.543 e. The molecule has 0 heterocycles. The van der Waals surface area contributed by atoms with E-state index in [0.717, 1.165) is 0 Å². The van der Waals surface area contributed by atoms with Crippen LogP contribution >= 0.6 is 0 Å². The second-order valence-electron chi connectivity index (χ2n) is 1.30. The van der Waals surface area contributed by atoms with Crippen LogP contribution in [0.5, 0.6) is 0 Å². The summed E-state index contributed by atoms with van der Waals surface area (Å²) >= 11 is 0. The Morgan fingerprint density at radius 2 is 0.938 bits per heavy atom. The van der Waals surface area contributed by atoms with Crippen molar-refractivity contribution in [3.05, 3.63) is 0 Å². The molecule has 16 heavy (non-hydrogen) atoms. The maximum Gasteiger partial charge on any atom is 1.00 e. The second-order valence-corrected chi connectivity index (χ2v) is 1.30. The third-order valence-electron chi connectivity index (χ3n) is 0.473. The largest absolute Gasteiger partial charge is 1.00 e. The SMILES string of the molecule is O=C(OF)C(=O)OF.O=C([O-])C(=O)[O-].[Li+].[Li+]. The van der Waals surface area contributed by atoms with Crippen LogP contribution < -0.4 is 47.9 Å². The third kappa shape index (κ3) is 15.4. The van der Waals surface area contributed by atoms with E-state index < -0.39 is 23.9 Å². The number of carbonyl (C=O) groups is 4. The molecule has 0 fully saturated rings. The van der Waals surface area contributed by atoms with Gasteiger partial charge in [0.1, 0.15) is 0 Å². The third-order valence-corrected chi connectivity index (χ3v) is 0.473. The minimum Gasteiger partial charge on any atom is -0.543 e. The van der Waals surface area contributed by atoms with Crippen molar-refractivity contribution in [1.29, 1.82) is 0 Å². The van der Waals surface area contributed by atoms with E-state index >= 15 is 0 Å². The Kier molecular flexibility index (Phi) is 21.1. The Morgan fingerprint density at radius 1 is 0.750 bits per heavy atom. The van der Waals surface area contributed by atoms with Gasteiger partial charge in [0.15, 0.2) is 0 Å². The molecule has 0 saturated heterocycles. The number of hydrogen-bond acceptors (Lipinski definition) is 8. The number of carbonyl (C=O) groups excluding carboxylic acids is 4. The van der Waals surface area contributed by atoms with E-state index in [9.17, 15) is 18.6 Å². The van der Waals surface area contributed by atoms with Gasteiger partial charge >= 0.3 is 49.7 Å². The zero-order valence-electron chi connectivity index (χ0n) is 8.02. The average molecular weight is 228 g/mol. The molecule has 0 unspecified atom stereocenters. The van der Waals surface area contributed by atoms with Crippen LogP contribution in [0.4, 0.5) is 9.05 Å². The maximum absolute atomic E-state index is 10.5. The summed E-state index contributed by atoms with van der Waals surface area (Å²) in [6.45, 7) is 0. The van der Waals surface area contributed by atoms with Crippen LogP contribution in [0.2, 0.25) is 0 Å². The molecule has 0 aliphatic carbocycles. The Hall–Kier alpha value is -1.07. The standard InChI is InChI=1S/C2F2O4.C2H2O4.2Li/c3-7-1(5)2(6)8-4;3-1(4)2(5)6;;/h;(H,3,4)(H,5,6);;/q;;2*+1/p-2. The molecular weight excluding hydrogens is 228 g/mol. The molecule has 8 nitrogen and oxygen atoms in total. The van der Waals surface area contributed by atoms with Gasteiger partial charge in [-0.1, -0.05) is 0 Å². The van der Waals surface area contributed by atoms with Crippen LogP contribution in [0.1, 0.15) is 0 Å². The van der Waals surface area contributed by atoms with Gasteiger partial charge in [-0.05, 0) is 0 Å². The Labute approximate surface area is 110 Å². The van der Waals surface area contributed by atoms with Crippen LogP contribution in [-0.4, -0.2) is 23.9 Å². The summed E-state index contributed by atoms with van der Waals surface area (Å²) in [5, 5.41) is 17.9. The quantitative estimate of drug-likeness (QED) is 0.294. The number of aliphatic carboxylic acids is 2. The van der Waals surface area contributed by atoms with Crippen molar-refractivity contribution in [2.45, 2.75) is 0 Å². The van der Waals surface area contributed by atoms with E-state index in [0.29, 0.717) is 0 Å². The fourth-order valence-electron chi connectivity index (χ4n) is 0.0630. The predicted molar refractivity (Wildman–Crippen MR) is 24.4 cm³/mol. The van der Waals surface area contributed by atoms with Crippen LogP contribution in [0.3, 0.4) is 0 Å². The van der Waals surface area contributed by atoms with Gasteiger partial charge in [0, 0.05) is 9.05 Å². The summed E-state index contributed by atoms with van der Waals surface area (Å²) in [6.07, 6.45) is 0. The average Bonchev–Trinajstić information content (AvgIpc) is 2.16. The molecule has 0 amide bonds. The first-order chi connectivity index (χ1) is 6.36. The van der Waals surface area contributed by atoms with Crippen LogP contribution in [0.25, 0.3) is 0 Å². The van der Waals surface area contributed by atoms with Gasteiger partial charge in [-0.25, -0.2) is 19.5 Å². The molecule has 0 aromatic rings. The molecule has 0 aliphatic rings. The fourth-order valence-corrected chi connectivity index (χ4v) is 0.0630. The number of carboxylic acids is 2. The van der Waals surface area contributed by atoms with Crippen molar-refractivity contribution in [3.63, 3.8) is 0 Å². The minimum atomic E-state index is -2.19. The second kappa shape index (κ2) is 13.9. The molecule has 0 bridgehead atoms. The first-order valence-electron chi connectivity index (χ1n) is 2.44. The molecule has 0 atom stereocenters. The minimum absolute atomic E-state index is 0. The van der Waals surface area contributed by atoms with Crippen LogP contribution in [0.15, 0.2) is 0 Å². The molecule has 0 aliphatic heterocycles. The molecule has 80 valence electrons. The van der Waals surface area contributed by atoms with Crippen molar-refractivity contribution < 1.29 is 86.0 Å². The van der Waals surface area contributed by atoms with Crippen molar-refractivity contribution >= 4 is 23.9 Å². The van der Waals surface area contributed by atoms with E-state index in [1.807, 2.05) is 0 Å². The molecular formula is C4F2Li2O8. The molecule has 0 N–H and O–H groups in total. The van der Waals surface area contributed by atoms with Gasteiger partial charge in [-0.2, -0.15) is 0 Å². The van der Waals surface area contributed by atoms with E-state index in [4.69, 9.17) is 19.8 Å². The summed E-state index contributed by atoms with van der Waals surface area (Å²) < 4.78 is 21.0. The maximum atomic E-state index is 10.5. The number of carboxylic acid groups (broad SMARTS) is 2. The summed E-state index contributed by atoms with van der Waals surface area (Å²) in [7, 11) is 0. The van der Waals surface area contributed by atoms with Gasteiger partial charge in [0.25, 0.3) is 0 Å². The number of halogens is 2. The predicted octanol–water partition coefficient (Wildman–Crippen LogP) is -9.66. The normalized spacial score (nSPS) is 6.62. The van der Waals surface area contributed by atoms with Crippen molar-refractivity contribution in [1.82, 2.24) is 0 Å². The zero-order chi connectivity index (χ0) is 11.7. The van der Waals surface area contributed by atoms with Crippen molar-refractivity contribution in [2.75, 3.05) is 0 Å². The van der Waals surface area contributed by atoms with Gasteiger partial charge in [-0.15, -0.1) is 0 Å². The summed E-state index contributed by atoms with van der Waals surface area (Å²) in [5.41, 5.74) is 0. The molecule has 0 aromatic carbocycles. The molecule has 12 heteroatoms. The molecule has 0 radical (unpaired) electrons. The van der Waals surface area contributed by atoms with Crippen molar-refractivity contribution in [2.24, 2.45) is 0 Å². The summed E-state index contributed by atoms with van der Waals surface area (Å²) in [4.78, 5) is 41.2. The Morgan fingerprint density at radius 3 is 1.00 bits per heavy atom. The molecule has 0 saturated carbocycles. The van der Waals surface area contributed by atoms with E-state index in [-0.39, 0.29) is 37.7 Å². The van der Waals surface area contributed by atoms with E-state index in [1.165, 1.54) is 0 Å². The number of rotatable bonds is 0. The molecule has 0 rings (SSSR count). The van der Waals surface area contributed by atoms with Crippen LogP contribution in [0, 0.1) is 0 Å². The molecule has 0 aromatic heterocycles. The van der Waals surface area contributed by atoms with Crippen LogP contribution in [-0.2, 0) is 29.1 Å². The van der Waals surface area contributed by atoms with E-state index in [2.05, 4.69) is 9.88 Å². The monoisotopic (exact) mass is 228 g/mol. The van der Waals surface area contributed by atoms with Gasteiger partial charge in [-0.3, -0.25) is 0 Å². The van der Waals surface area contributed by atoms with E-state index in [1.54, 1.807) is 0 Å². The molecule has 0 spiro atoms. The topological polar surface area (TPSA) is 133 Å². The first-order valence-corrected chi connectivity index (χ1v) is 2.44. The summed E-state index contributed by atoms with van der Waals surface area (Å²) in [6, 6.07) is 0. The fraction of sp³-hybridized carbons (Fsp3) is 0. The number of hydrogen-bond donors (Lipinski definition) is 0. The zero-order valence-corrected chi connectivity index (χ0v) is 8.02. The van der Waals surface area contributed by atoms with Gasteiger partial charge in [0.2, 0.25) is 0 Å². The van der Waals surface area contributed by atoms with Gasteiger partial charge in [0.05, 0.1) is 11.9 Å². The Balaban J connectivity index is -0.0000000825. The first kappa shape index (κ1) is 24.3. The summed E-state index contributed by atoms with van der Waals surface area (Å²) in [5.74, 6) is -8.41. The van der Waals surface area contributed by atoms with Gasteiger partial charge < -0.3 is 19.8 Å². The van der Waals surface area contributed by atoms with Crippen molar-refractivity contribution in [3.8, 4) is 0 Å².